The topological polar surface area (TPSA) is 90.5 Å². The molecule has 1 aliphatic heterocycles. The zero-order valence-corrected chi connectivity index (χ0v) is 11.1. The summed E-state index contributed by atoms with van der Waals surface area (Å²) in [5.74, 6) is -0.273. The Labute approximate surface area is 117 Å². The molecule has 1 aromatic rings. The van der Waals surface area contributed by atoms with Gasteiger partial charge in [-0.1, -0.05) is 30.3 Å². The first-order valence-corrected chi connectivity index (χ1v) is 6.69. The average molecular weight is 277 g/mol. The highest BCUT2D eigenvalue weighted by atomic mass is 16.4. The number of nitrogens with one attached hydrogen (secondary N) is 3. The Morgan fingerprint density at radius 3 is 2.70 bits per heavy atom. The van der Waals surface area contributed by atoms with Crippen LogP contribution in [0.25, 0.3) is 0 Å². The quantitative estimate of drug-likeness (QED) is 0.625. The molecule has 2 rings (SSSR count). The van der Waals surface area contributed by atoms with E-state index in [-0.39, 0.29) is 11.9 Å². The Morgan fingerprint density at radius 2 is 2.10 bits per heavy atom. The van der Waals surface area contributed by atoms with Crippen molar-refractivity contribution in [2.45, 2.75) is 24.9 Å². The molecular formula is C14H19N3O3. The first-order chi connectivity index (χ1) is 9.65. The molecule has 108 valence electrons. The monoisotopic (exact) mass is 277 g/mol. The normalized spacial score (nSPS) is 19.3. The summed E-state index contributed by atoms with van der Waals surface area (Å²) in [4.78, 5) is 23.0. The van der Waals surface area contributed by atoms with Crippen molar-refractivity contribution in [2.24, 2.45) is 0 Å². The number of hydrogen-bond acceptors (Lipinski definition) is 3. The van der Waals surface area contributed by atoms with Gasteiger partial charge in [-0.05, 0) is 18.5 Å². The van der Waals surface area contributed by atoms with Gasteiger partial charge in [0, 0.05) is 19.0 Å². The van der Waals surface area contributed by atoms with Gasteiger partial charge in [0.15, 0.2) is 0 Å². The molecule has 0 unspecified atom stereocenters. The fourth-order valence-electron chi connectivity index (χ4n) is 2.29. The average Bonchev–Trinajstić information content (AvgIpc) is 2.91. The fraction of sp³-hybridized carbons (Fsp3) is 0.429. The molecule has 6 heteroatoms. The third-order valence-corrected chi connectivity index (χ3v) is 3.30. The number of carbonyl (C=O) groups excluding carboxylic acids is 1. The molecule has 0 aromatic heterocycles. The molecule has 2 amide bonds. The zero-order chi connectivity index (χ0) is 14.4. The van der Waals surface area contributed by atoms with Crippen LogP contribution in [0.5, 0.6) is 0 Å². The molecule has 1 fully saturated rings. The third-order valence-electron chi connectivity index (χ3n) is 3.30. The van der Waals surface area contributed by atoms with E-state index in [1.165, 1.54) is 0 Å². The Bertz CT molecular complexity index is 458. The van der Waals surface area contributed by atoms with Crippen molar-refractivity contribution in [1.29, 1.82) is 0 Å². The smallest absolute Gasteiger partial charge is 0.405 e. The van der Waals surface area contributed by atoms with Gasteiger partial charge in [0.1, 0.15) is 6.04 Å². The Morgan fingerprint density at radius 1 is 1.35 bits per heavy atom. The lowest BCUT2D eigenvalue weighted by Gasteiger charge is -2.19. The number of benzene rings is 1. The van der Waals surface area contributed by atoms with Crippen LogP contribution in [0.15, 0.2) is 30.3 Å². The number of carboxylic acid groups (broad SMARTS) is 1. The predicted octanol–water partition coefficient (Wildman–Crippen LogP) is 0.343. The Balaban J connectivity index is 1.98. The standard InChI is InChI=1S/C14H19N3O3/c18-13(16-11-6-7-15-9-11)12(17-14(19)20)8-10-4-2-1-3-5-10/h1-5,11-12,15,17H,6-9H2,(H,16,18)(H,19,20)/t11-,12+/m1/s1. The summed E-state index contributed by atoms with van der Waals surface area (Å²) in [6.07, 6.45) is 0.0290. The molecule has 0 bridgehead atoms. The van der Waals surface area contributed by atoms with Gasteiger partial charge in [-0.25, -0.2) is 4.79 Å². The summed E-state index contributed by atoms with van der Waals surface area (Å²) >= 11 is 0. The van der Waals surface area contributed by atoms with Crippen LogP contribution in [0.4, 0.5) is 4.79 Å². The van der Waals surface area contributed by atoms with Gasteiger partial charge >= 0.3 is 6.09 Å². The second kappa shape index (κ2) is 6.91. The van der Waals surface area contributed by atoms with Crippen molar-refractivity contribution in [3.63, 3.8) is 0 Å². The minimum absolute atomic E-state index is 0.0800. The van der Waals surface area contributed by atoms with Crippen LogP contribution in [-0.2, 0) is 11.2 Å². The van der Waals surface area contributed by atoms with E-state index in [1.54, 1.807) is 0 Å². The second-order valence-corrected chi connectivity index (χ2v) is 4.89. The third kappa shape index (κ3) is 4.24. The molecule has 0 saturated carbocycles. The van der Waals surface area contributed by atoms with Gasteiger partial charge in [-0.2, -0.15) is 0 Å². The maximum Gasteiger partial charge on any atom is 0.405 e. The van der Waals surface area contributed by atoms with Crippen molar-refractivity contribution >= 4 is 12.0 Å². The van der Waals surface area contributed by atoms with Crippen LogP contribution >= 0.6 is 0 Å². The van der Waals surface area contributed by atoms with E-state index >= 15 is 0 Å². The van der Waals surface area contributed by atoms with Crippen LogP contribution in [-0.4, -0.2) is 42.3 Å². The van der Waals surface area contributed by atoms with E-state index in [1.807, 2.05) is 30.3 Å². The zero-order valence-electron chi connectivity index (χ0n) is 11.1. The van der Waals surface area contributed by atoms with Crippen molar-refractivity contribution in [1.82, 2.24) is 16.0 Å². The first-order valence-electron chi connectivity index (χ1n) is 6.69. The van der Waals surface area contributed by atoms with Crippen LogP contribution in [0.1, 0.15) is 12.0 Å². The summed E-state index contributed by atoms with van der Waals surface area (Å²) in [5, 5.41) is 17.2. The van der Waals surface area contributed by atoms with Gasteiger partial charge in [-0.15, -0.1) is 0 Å². The van der Waals surface area contributed by atoms with Crippen molar-refractivity contribution in [3.8, 4) is 0 Å². The van der Waals surface area contributed by atoms with E-state index in [0.717, 1.165) is 25.1 Å². The molecular weight excluding hydrogens is 258 g/mol. The molecule has 1 heterocycles. The summed E-state index contributed by atoms with van der Waals surface area (Å²) in [6, 6.07) is 8.68. The summed E-state index contributed by atoms with van der Waals surface area (Å²) in [7, 11) is 0. The minimum atomic E-state index is -1.19. The van der Waals surface area contributed by atoms with Crippen molar-refractivity contribution < 1.29 is 14.7 Å². The predicted molar refractivity (Wildman–Crippen MR) is 74.5 cm³/mol. The molecule has 2 atom stereocenters. The van der Waals surface area contributed by atoms with Crippen LogP contribution < -0.4 is 16.0 Å². The largest absolute Gasteiger partial charge is 0.465 e. The molecule has 0 spiro atoms. The Kier molecular flexibility index (Phi) is 4.95. The van der Waals surface area contributed by atoms with Gasteiger partial charge in [0.05, 0.1) is 0 Å². The lowest BCUT2D eigenvalue weighted by atomic mass is 10.0. The van der Waals surface area contributed by atoms with E-state index < -0.39 is 12.1 Å². The molecule has 1 aromatic carbocycles. The van der Waals surface area contributed by atoms with E-state index in [9.17, 15) is 9.59 Å². The molecule has 4 N–H and O–H groups in total. The number of hydrogen-bond donors (Lipinski definition) is 4. The highest BCUT2D eigenvalue weighted by Crippen LogP contribution is 2.05. The lowest BCUT2D eigenvalue weighted by Crippen LogP contribution is -2.50. The summed E-state index contributed by atoms with van der Waals surface area (Å²) < 4.78 is 0. The van der Waals surface area contributed by atoms with Crippen LogP contribution in [0.3, 0.4) is 0 Å². The van der Waals surface area contributed by atoms with Gasteiger partial charge in [-0.3, -0.25) is 4.79 Å². The summed E-state index contributed by atoms with van der Waals surface area (Å²) in [5.41, 5.74) is 0.922. The molecule has 6 nitrogen and oxygen atoms in total. The molecule has 0 radical (unpaired) electrons. The lowest BCUT2D eigenvalue weighted by molar-refractivity contribution is -0.123. The van der Waals surface area contributed by atoms with Gasteiger partial charge in [0.25, 0.3) is 0 Å². The maximum absolute atomic E-state index is 12.2. The van der Waals surface area contributed by atoms with Crippen LogP contribution in [0, 0.1) is 0 Å². The molecule has 20 heavy (non-hydrogen) atoms. The van der Waals surface area contributed by atoms with Crippen LogP contribution in [0.2, 0.25) is 0 Å². The first kappa shape index (κ1) is 14.3. The summed E-state index contributed by atoms with van der Waals surface area (Å²) in [6.45, 7) is 1.61. The van der Waals surface area contributed by atoms with E-state index in [4.69, 9.17) is 5.11 Å². The van der Waals surface area contributed by atoms with Gasteiger partial charge in [0.2, 0.25) is 5.91 Å². The van der Waals surface area contributed by atoms with Crippen molar-refractivity contribution in [2.75, 3.05) is 13.1 Å². The van der Waals surface area contributed by atoms with E-state index in [2.05, 4.69) is 16.0 Å². The highest BCUT2D eigenvalue weighted by molar-refractivity contribution is 5.85. The molecule has 1 saturated heterocycles. The fourth-order valence-corrected chi connectivity index (χ4v) is 2.29. The van der Waals surface area contributed by atoms with E-state index in [0.29, 0.717) is 6.42 Å². The maximum atomic E-state index is 12.2. The van der Waals surface area contributed by atoms with Gasteiger partial charge < -0.3 is 21.1 Å². The molecule has 0 aliphatic carbocycles. The Hall–Kier alpha value is -2.08. The minimum Gasteiger partial charge on any atom is -0.465 e. The number of carbonyl (C=O) groups is 2. The second-order valence-electron chi connectivity index (χ2n) is 4.89. The highest BCUT2D eigenvalue weighted by Gasteiger charge is 2.24. The number of rotatable bonds is 5. The molecule has 1 aliphatic rings. The number of amides is 2. The SMILES string of the molecule is O=C(O)N[C@@H](Cc1ccccc1)C(=O)N[C@@H]1CCNC1. The van der Waals surface area contributed by atoms with Crippen molar-refractivity contribution in [3.05, 3.63) is 35.9 Å².